The number of allylic oxidation sites excluding steroid dienone is 5. The zero-order chi connectivity index (χ0) is 23.8. The van der Waals surface area contributed by atoms with Crippen LogP contribution in [0.3, 0.4) is 0 Å². The van der Waals surface area contributed by atoms with Crippen LogP contribution in [-0.4, -0.2) is 34.7 Å². The molecule has 0 heterocycles. The summed E-state index contributed by atoms with van der Waals surface area (Å²) in [4.78, 5) is 23.4. The lowest BCUT2D eigenvalue weighted by Gasteiger charge is -2.14. The van der Waals surface area contributed by atoms with Gasteiger partial charge in [0, 0.05) is 11.5 Å². The van der Waals surface area contributed by atoms with Crippen LogP contribution >= 0.6 is 11.8 Å². The van der Waals surface area contributed by atoms with Crippen LogP contribution in [0, 0.1) is 0 Å². The van der Waals surface area contributed by atoms with Crippen LogP contribution in [0.25, 0.3) is 0 Å². The Morgan fingerprint density at radius 1 is 1.00 bits per heavy atom. The molecule has 0 spiro atoms. The highest BCUT2D eigenvalue weighted by Crippen LogP contribution is 2.13. The van der Waals surface area contributed by atoms with E-state index in [4.69, 9.17) is 4.74 Å². The SMILES string of the molecule is CC(C)=CCCC(C)=CCCC(C)=CCSC[C@H](NC(=O)OCc1ccccc1)C(=O)O. The molecule has 0 saturated carbocycles. The molecule has 1 aromatic rings. The summed E-state index contributed by atoms with van der Waals surface area (Å²) in [7, 11) is 0. The first kappa shape index (κ1) is 27.6. The molecule has 0 saturated heterocycles. The molecule has 0 aliphatic heterocycles. The zero-order valence-corrected chi connectivity index (χ0v) is 20.5. The third-order valence-corrected chi connectivity index (χ3v) is 5.73. The van der Waals surface area contributed by atoms with E-state index < -0.39 is 18.1 Å². The topological polar surface area (TPSA) is 75.6 Å². The van der Waals surface area contributed by atoms with Crippen LogP contribution in [0.1, 0.15) is 58.9 Å². The summed E-state index contributed by atoms with van der Waals surface area (Å²) in [6, 6.07) is 8.28. The van der Waals surface area contributed by atoms with E-state index in [-0.39, 0.29) is 12.4 Å². The van der Waals surface area contributed by atoms with E-state index in [1.165, 1.54) is 28.5 Å². The Balaban J connectivity index is 2.30. The van der Waals surface area contributed by atoms with Crippen molar-refractivity contribution in [2.75, 3.05) is 11.5 Å². The lowest BCUT2D eigenvalue weighted by atomic mass is 10.1. The second-order valence-corrected chi connectivity index (χ2v) is 9.17. The van der Waals surface area contributed by atoms with Gasteiger partial charge in [-0.1, -0.05) is 65.3 Å². The number of rotatable bonds is 14. The van der Waals surface area contributed by atoms with E-state index >= 15 is 0 Å². The van der Waals surface area contributed by atoms with E-state index in [0.29, 0.717) is 5.75 Å². The van der Waals surface area contributed by atoms with E-state index in [1.807, 2.05) is 30.3 Å². The Labute approximate surface area is 197 Å². The predicted molar refractivity (Wildman–Crippen MR) is 134 cm³/mol. The Hall–Kier alpha value is -2.47. The molecule has 0 fully saturated rings. The number of nitrogens with one attached hydrogen (secondary N) is 1. The number of amides is 1. The average Bonchev–Trinajstić information content (AvgIpc) is 2.74. The van der Waals surface area contributed by atoms with Gasteiger partial charge in [-0.3, -0.25) is 0 Å². The third kappa shape index (κ3) is 13.8. The molecule has 32 heavy (non-hydrogen) atoms. The highest BCUT2D eigenvalue weighted by atomic mass is 32.2. The molecule has 0 aliphatic rings. The monoisotopic (exact) mass is 459 g/mol. The summed E-state index contributed by atoms with van der Waals surface area (Å²) in [5.74, 6) is -0.0775. The number of ether oxygens (including phenoxy) is 1. The summed E-state index contributed by atoms with van der Waals surface area (Å²) < 4.78 is 5.11. The van der Waals surface area contributed by atoms with Gasteiger partial charge in [0.2, 0.25) is 0 Å². The standard InChI is InChI=1S/C26H37NO4S/c1-20(2)10-8-11-21(3)12-9-13-22(4)16-17-32-19-24(25(28)29)27-26(30)31-18-23-14-6-5-7-15-23/h5-7,10,12,14-16,24H,8-9,11,13,17-19H2,1-4H3,(H,27,30)(H,28,29)/t24-/m0/s1. The van der Waals surface area contributed by atoms with Crippen molar-refractivity contribution in [2.45, 2.75) is 66.0 Å². The molecule has 6 heteroatoms. The lowest BCUT2D eigenvalue weighted by molar-refractivity contribution is -0.138. The van der Waals surface area contributed by atoms with E-state index in [0.717, 1.165) is 31.2 Å². The summed E-state index contributed by atoms with van der Waals surface area (Å²) >= 11 is 1.48. The first-order chi connectivity index (χ1) is 15.3. The number of carbonyl (C=O) groups excluding carboxylic acids is 1. The van der Waals surface area contributed by atoms with E-state index in [1.54, 1.807) is 0 Å². The van der Waals surface area contributed by atoms with Crippen LogP contribution in [0.4, 0.5) is 4.79 Å². The maximum absolute atomic E-state index is 11.9. The maximum Gasteiger partial charge on any atom is 0.408 e. The first-order valence-electron chi connectivity index (χ1n) is 11.0. The molecule has 176 valence electrons. The zero-order valence-electron chi connectivity index (χ0n) is 19.7. The quantitative estimate of drug-likeness (QED) is 0.245. The molecule has 5 nitrogen and oxygen atoms in total. The smallest absolute Gasteiger partial charge is 0.408 e. The van der Waals surface area contributed by atoms with Gasteiger partial charge < -0.3 is 15.2 Å². The summed E-state index contributed by atoms with van der Waals surface area (Å²) in [6.45, 7) is 8.63. The second kappa shape index (κ2) is 16.2. The average molecular weight is 460 g/mol. The fourth-order valence-electron chi connectivity index (χ4n) is 2.81. The maximum atomic E-state index is 11.9. The third-order valence-electron chi connectivity index (χ3n) is 4.76. The molecule has 1 amide bonds. The fourth-order valence-corrected chi connectivity index (χ4v) is 3.81. The van der Waals surface area contributed by atoms with Gasteiger partial charge in [0.1, 0.15) is 12.6 Å². The molecular formula is C26H37NO4S. The van der Waals surface area contributed by atoms with Gasteiger partial charge in [0.25, 0.3) is 0 Å². The highest BCUT2D eigenvalue weighted by molar-refractivity contribution is 7.99. The van der Waals surface area contributed by atoms with Gasteiger partial charge in [-0.25, -0.2) is 9.59 Å². The fraction of sp³-hybridized carbons (Fsp3) is 0.462. The Kier molecular flexibility index (Phi) is 14.0. The van der Waals surface area contributed by atoms with Gasteiger partial charge >= 0.3 is 12.1 Å². The number of benzene rings is 1. The van der Waals surface area contributed by atoms with E-state index in [9.17, 15) is 14.7 Å². The second-order valence-electron chi connectivity index (χ2n) is 8.09. The van der Waals surface area contributed by atoms with Crippen molar-refractivity contribution in [3.63, 3.8) is 0 Å². The molecule has 1 aromatic carbocycles. The van der Waals surface area contributed by atoms with Crippen LogP contribution in [-0.2, 0) is 16.1 Å². The molecule has 0 radical (unpaired) electrons. The molecule has 1 atom stereocenters. The molecule has 2 N–H and O–H groups in total. The number of aliphatic carboxylic acids is 1. The Morgan fingerprint density at radius 3 is 2.25 bits per heavy atom. The molecule has 0 aromatic heterocycles. The normalized spacial score (nSPS) is 12.8. The van der Waals surface area contributed by atoms with Crippen molar-refractivity contribution in [3.8, 4) is 0 Å². The summed E-state index contributed by atoms with van der Waals surface area (Å²) in [5, 5.41) is 11.8. The number of carboxylic acid groups (broad SMARTS) is 1. The van der Waals surface area contributed by atoms with Crippen molar-refractivity contribution in [1.82, 2.24) is 5.32 Å². The minimum absolute atomic E-state index is 0.108. The highest BCUT2D eigenvalue weighted by Gasteiger charge is 2.20. The number of alkyl carbamates (subject to hydrolysis) is 1. The van der Waals surface area contributed by atoms with Gasteiger partial charge in [-0.2, -0.15) is 11.8 Å². The minimum atomic E-state index is -1.07. The molecular weight excluding hydrogens is 422 g/mol. The van der Waals surface area contributed by atoms with Crippen molar-refractivity contribution in [2.24, 2.45) is 0 Å². The molecule has 0 unspecified atom stereocenters. The first-order valence-corrected chi connectivity index (χ1v) is 12.2. The number of hydrogen-bond acceptors (Lipinski definition) is 4. The summed E-state index contributed by atoms with van der Waals surface area (Å²) in [6.07, 6.45) is 10.2. The Bertz CT molecular complexity index is 795. The van der Waals surface area contributed by atoms with Crippen molar-refractivity contribution < 1.29 is 19.4 Å². The number of carbonyl (C=O) groups is 2. The minimum Gasteiger partial charge on any atom is -0.480 e. The predicted octanol–water partition coefficient (Wildman–Crippen LogP) is 6.52. The van der Waals surface area contributed by atoms with Crippen molar-refractivity contribution in [3.05, 3.63) is 70.8 Å². The molecule has 1 rings (SSSR count). The lowest BCUT2D eigenvalue weighted by Crippen LogP contribution is -2.42. The molecule has 0 bridgehead atoms. The van der Waals surface area contributed by atoms with Crippen LogP contribution in [0.2, 0.25) is 0 Å². The van der Waals surface area contributed by atoms with E-state index in [2.05, 4.69) is 51.2 Å². The summed E-state index contributed by atoms with van der Waals surface area (Å²) in [5.41, 5.74) is 4.91. The largest absolute Gasteiger partial charge is 0.480 e. The van der Waals surface area contributed by atoms with Crippen LogP contribution < -0.4 is 5.32 Å². The number of thioether (sulfide) groups is 1. The van der Waals surface area contributed by atoms with Gasteiger partial charge in [0.05, 0.1) is 0 Å². The van der Waals surface area contributed by atoms with Crippen molar-refractivity contribution in [1.29, 1.82) is 0 Å². The van der Waals surface area contributed by atoms with Crippen LogP contribution in [0.5, 0.6) is 0 Å². The van der Waals surface area contributed by atoms with Gasteiger partial charge in [0.15, 0.2) is 0 Å². The van der Waals surface area contributed by atoms with Crippen LogP contribution in [0.15, 0.2) is 65.3 Å². The van der Waals surface area contributed by atoms with Crippen molar-refractivity contribution >= 4 is 23.8 Å². The number of hydrogen-bond donors (Lipinski definition) is 2. The van der Waals surface area contributed by atoms with Gasteiger partial charge in [-0.05, 0) is 58.9 Å². The molecule has 0 aliphatic carbocycles. The van der Waals surface area contributed by atoms with Gasteiger partial charge in [-0.15, -0.1) is 0 Å². The number of carboxylic acids is 1. The Morgan fingerprint density at radius 2 is 1.62 bits per heavy atom.